The molecule has 2 bridgehead atoms. The fraction of sp³-hybridized carbons (Fsp3) is 0.531. The number of hydrogen-bond acceptors (Lipinski definition) is 11. The van der Waals surface area contributed by atoms with Gasteiger partial charge in [0.25, 0.3) is 0 Å². The molecule has 1 amide bonds. The van der Waals surface area contributed by atoms with E-state index >= 15 is 4.39 Å². The van der Waals surface area contributed by atoms with Crippen molar-refractivity contribution in [3.63, 3.8) is 0 Å². The van der Waals surface area contributed by atoms with Gasteiger partial charge in [-0.3, -0.25) is 19.6 Å². The number of piperazine rings is 1. The van der Waals surface area contributed by atoms with Crippen molar-refractivity contribution in [2.45, 2.75) is 69.0 Å². The van der Waals surface area contributed by atoms with Crippen molar-refractivity contribution in [2.75, 3.05) is 44.5 Å². The lowest BCUT2D eigenvalue weighted by Crippen LogP contribution is -2.56. The summed E-state index contributed by atoms with van der Waals surface area (Å²) in [6.07, 6.45) is -2.61. The molecule has 4 aliphatic rings. The van der Waals surface area contributed by atoms with Gasteiger partial charge in [-0.25, -0.2) is 13.6 Å². The van der Waals surface area contributed by atoms with E-state index in [1.165, 1.54) is 6.92 Å². The zero-order valence-electron chi connectivity index (χ0n) is 26.7. The number of rotatable bonds is 7. The number of anilines is 1. The third-order valence-corrected chi connectivity index (χ3v) is 10.2. The highest BCUT2D eigenvalue weighted by Crippen LogP contribution is 2.45. The summed E-state index contributed by atoms with van der Waals surface area (Å²) in [5.74, 6) is -2.30. The molecule has 18 heteroatoms. The number of hydrogen-bond donors (Lipinski definition) is 1. The molecule has 4 atom stereocenters. The van der Waals surface area contributed by atoms with Crippen LogP contribution >= 0.6 is 11.6 Å². The van der Waals surface area contributed by atoms with E-state index in [0.29, 0.717) is 31.9 Å². The van der Waals surface area contributed by atoms with E-state index in [2.05, 4.69) is 15.0 Å². The Morgan fingerprint density at radius 2 is 1.86 bits per heavy atom. The average molecular weight is 727 g/mol. The Labute approximate surface area is 287 Å². The molecular formula is C32H32ClF5N6O6. The summed E-state index contributed by atoms with van der Waals surface area (Å²) >= 11 is 5.89. The maximum atomic E-state index is 16.5. The number of phenols is 1. The minimum atomic E-state index is -5.02. The monoisotopic (exact) mass is 726 g/mol. The SMILES string of the molecule is CC(=O)OCOC(=O)N1C2CCC1CN(c1nc(OCC34CCCN3C[C@H](F)C4)nc3c(F)c(-c4cc(O)cc(Cl)c4C(F)(F)F)ncc13)C2. The van der Waals surface area contributed by atoms with Crippen molar-refractivity contribution in [1.82, 2.24) is 24.8 Å². The van der Waals surface area contributed by atoms with E-state index in [1.807, 2.05) is 4.90 Å². The van der Waals surface area contributed by atoms with Crippen molar-refractivity contribution in [1.29, 1.82) is 0 Å². The summed E-state index contributed by atoms with van der Waals surface area (Å²) in [6, 6.07) is 0.437. The van der Waals surface area contributed by atoms with Crippen LogP contribution in [0.1, 0.15) is 44.6 Å². The Kier molecular flexibility index (Phi) is 8.77. The van der Waals surface area contributed by atoms with Crippen LogP contribution in [0.2, 0.25) is 5.02 Å². The maximum Gasteiger partial charge on any atom is 0.418 e. The summed E-state index contributed by atoms with van der Waals surface area (Å²) in [5.41, 5.74) is -3.92. The summed E-state index contributed by atoms with van der Waals surface area (Å²) in [4.78, 5) is 42.3. The van der Waals surface area contributed by atoms with Crippen molar-refractivity contribution >= 4 is 40.4 Å². The summed E-state index contributed by atoms with van der Waals surface area (Å²) in [7, 11) is 0. The van der Waals surface area contributed by atoms with Gasteiger partial charge in [0.05, 0.1) is 33.6 Å². The van der Waals surface area contributed by atoms with Gasteiger partial charge >= 0.3 is 24.2 Å². The highest BCUT2D eigenvalue weighted by molar-refractivity contribution is 6.32. The normalized spacial score (nSPS) is 24.9. The van der Waals surface area contributed by atoms with Crippen LogP contribution in [0.3, 0.4) is 0 Å². The van der Waals surface area contributed by atoms with Crippen molar-refractivity contribution in [2.24, 2.45) is 0 Å². The molecule has 4 aliphatic heterocycles. The number of ether oxygens (including phenoxy) is 3. The minimum Gasteiger partial charge on any atom is -0.508 e. The van der Waals surface area contributed by atoms with E-state index in [1.54, 1.807) is 9.80 Å². The van der Waals surface area contributed by atoms with Crippen LogP contribution in [0.4, 0.5) is 32.6 Å². The number of esters is 1. The van der Waals surface area contributed by atoms with Crippen LogP contribution in [0.15, 0.2) is 18.3 Å². The zero-order valence-corrected chi connectivity index (χ0v) is 27.4. The summed E-state index contributed by atoms with van der Waals surface area (Å²) in [6.45, 7) is 2.05. The van der Waals surface area contributed by atoms with Gasteiger partial charge in [-0.1, -0.05) is 11.6 Å². The predicted octanol–water partition coefficient (Wildman–Crippen LogP) is 5.47. The van der Waals surface area contributed by atoms with Crippen LogP contribution in [0, 0.1) is 5.82 Å². The first-order chi connectivity index (χ1) is 23.7. The number of phenolic OH excluding ortho intramolecular Hbond substituents is 1. The molecule has 1 aromatic carbocycles. The second-order valence-electron chi connectivity index (χ2n) is 13.1. The minimum absolute atomic E-state index is 0.00547. The average Bonchev–Trinajstić information content (AvgIpc) is 3.65. The Bertz CT molecular complexity index is 1840. The Hall–Kier alpha value is -4.25. The van der Waals surface area contributed by atoms with Crippen LogP contribution in [-0.2, 0) is 20.4 Å². The number of carbonyl (C=O) groups excluding carboxylic acids is 2. The molecule has 7 rings (SSSR count). The molecule has 50 heavy (non-hydrogen) atoms. The number of aromatic nitrogens is 3. The fourth-order valence-corrected chi connectivity index (χ4v) is 8.16. The van der Waals surface area contributed by atoms with Gasteiger partial charge in [-0.2, -0.15) is 23.1 Å². The fourth-order valence-electron chi connectivity index (χ4n) is 7.84. The lowest BCUT2D eigenvalue weighted by Gasteiger charge is -2.41. The van der Waals surface area contributed by atoms with Crippen molar-refractivity contribution in [3.8, 4) is 23.0 Å². The van der Waals surface area contributed by atoms with Gasteiger partial charge in [0.15, 0.2) is 5.82 Å². The molecule has 3 aromatic rings. The largest absolute Gasteiger partial charge is 0.508 e. The molecule has 2 aromatic heterocycles. The van der Waals surface area contributed by atoms with E-state index in [9.17, 15) is 32.3 Å². The van der Waals surface area contributed by atoms with Crippen LogP contribution < -0.4 is 9.64 Å². The topological polar surface area (TPSA) is 130 Å². The number of benzene rings is 1. The number of halogens is 6. The molecule has 0 aliphatic carbocycles. The van der Waals surface area contributed by atoms with Crippen molar-refractivity contribution < 1.29 is 50.9 Å². The lowest BCUT2D eigenvalue weighted by atomic mass is 9.95. The second-order valence-corrected chi connectivity index (χ2v) is 13.5. The Morgan fingerprint density at radius 1 is 1.12 bits per heavy atom. The third kappa shape index (κ3) is 6.18. The predicted molar refractivity (Wildman–Crippen MR) is 167 cm³/mol. The zero-order chi connectivity index (χ0) is 35.5. The number of fused-ring (bicyclic) bond motifs is 4. The molecule has 4 saturated heterocycles. The molecular weight excluding hydrogens is 695 g/mol. The van der Waals surface area contributed by atoms with E-state index in [0.717, 1.165) is 18.7 Å². The third-order valence-electron chi connectivity index (χ3n) is 9.93. The molecule has 0 radical (unpaired) electrons. The standard InChI is InChI=1S/C32H32ClF5N6O6/c1-16(45)49-15-50-30(47)44-18-3-4-19(44)13-42(12-18)28-22-10-39-26(21-7-20(46)8-23(33)24(21)32(36,37)38)25(35)27(22)40-29(41-28)48-14-31-5-2-6-43(31)11-17(34)9-31/h7-8,10,17-19,46H,2-6,9,11-15H2,1H3/t17-,18?,19?,31?/m1/s1. The highest BCUT2D eigenvalue weighted by atomic mass is 35.5. The first kappa shape index (κ1) is 34.2. The molecule has 0 spiro atoms. The number of nitrogens with zero attached hydrogens (tertiary/aromatic N) is 6. The summed E-state index contributed by atoms with van der Waals surface area (Å²) < 4.78 is 89.4. The highest BCUT2D eigenvalue weighted by Gasteiger charge is 2.50. The van der Waals surface area contributed by atoms with E-state index < -0.39 is 75.7 Å². The van der Waals surface area contributed by atoms with Gasteiger partial charge in [-0.15, -0.1) is 0 Å². The smallest absolute Gasteiger partial charge is 0.418 e. The van der Waals surface area contributed by atoms with Gasteiger partial charge < -0.3 is 24.2 Å². The number of amides is 1. The second kappa shape index (κ2) is 12.8. The number of carbonyl (C=O) groups is 2. The number of aromatic hydroxyl groups is 1. The van der Waals surface area contributed by atoms with Crippen molar-refractivity contribution in [3.05, 3.63) is 34.7 Å². The van der Waals surface area contributed by atoms with Crippen LogP contribution in [-0.4, -0.2) is 105 Å². The van der Waals surface area contributed by atoms with Gasteiger partial charge in [0, 0.05) is 44.7 Å². The maximum absolute atomic E-state index is 16.5. The Morgan fingerprint density at radius 3 is 2.56 bits per heavy atom. The molecule has 6 heterocycles. The van der Waals surface area contributed by atoms with Crippen LogP contribution in [0.25, 0.3) is 22.2 Å². The molecule has 3 unspecified atom stereocenters. The molecule has 1 N–H and O–H groups in total. The summed E-state index contributed by atoms with van der Waals surface area (Å²) in [5, 5.41) is 9.34. The number of alkyl halides is 4. The molecule has 0 saturated carbocycles. The molecule has 12 nitrogen and oxygen atoms in total. The quantitative estimate of drug-likeness (QED) is 0.189. The first-order valence-electron chi connectivity index (χ1n) is 16.1. The van der Waals surface area contributed by atoms with E-state index in [-0.39, 0.29) is 62.0 Å². The van der Waals surface area contributed by atoms with Crippen LogP contribution in [0.5, 0.6) is 11.8 Å². The van der Waals surface area contributed by atoms with Gasteiger partial charge in [-0.05, 0) is 44.4 Å². The first-order valence-corrected chi connectivity index (χ1v) is 16.4. The van der Waals surface area contributed by atoms with Gasteiger partial charge in [0.2, 0.25) is 6.79 Å². The van der Waals surface area contributed by atoms with E-state index in [4.69, 9.17) is 25.8 Å². The van der Waals surface area contributed by atoms with Gasteiger partial charge in [0.1, 0.15) is 35.6 Å². The molecule has 4 fully saturated rings. The Balaban J connectivity index is 1.28. The lowest BCUT2D eigenvalue weighted by molar-refractivity contribution is -0.149. The molecule has 268 valence electrons. The number of pyridine rings is 1.